The molecule has 0 bridgehead atoms. The van der Waals surface area contributed by atoms with E-state index in [0.717, 1.165) is 45.2 Å². The first kappa shape index (κ1) is 25.1. The first-order chi connectivity index (χ1) is 12.8. The zero-order valence-electron chi connectivity index (χ0n) is 18.1. The van der Waals surface area contributed by atoms with Crippen LogP contribution in [0.2, 0.25) is 0 Å². The predicted octanol–water partition coefficient (Wildman–Crippen LogP) is 2.40. The van der Waals surface area contributed by atoms with Crippen molar-refractivity contribution < 1.29 is 9.26 Å². The number of aliphatic imine (C=N–C) groups is 1. The highest BCUT2D eigenvalue weighted by molar-refractivity contribution is 14.0. The molecule has 1 aromatic heterocycles. The Morgan fingerprint density at radius 1 is 1.21 bits per heavy atom. The third kappa shape index (κ3) is 8.20. The van der Waals surface area contributed by atoms with E-state index in [2.05, 4.69) is 65.3 Å². The molecule has 0 aliphatic carbocycles. The van der Waals surface area contributed by atoms with Gasteiger partial charge in [-0.2, -0.15) is 4.98 Å². The van der Waals surface area contributed by atoms with Gasteiger partial charge >= 0.3 is 0 Å². The number of hydrogen-bond donors (Lipinski definition) is 2. The normalized spacial score (nSPS) is 17.3. The number of ether oxygens (including phenoxy) is 1. The number of nitrogens with zero attached hydrogens (tertiary/aromatic N) is 4. The second-order valence-electron chi connectivity index (χ2n) is 8.50. The van der Waals surface area contributed by atoms with Gasteiger partial charge in [0.2, 0.25) is 5.89 Å². The average molecular weight is 508 g/mol. The minimum absolute atomic E-state index is 0. The predicted molar refractivity (Wildman–Crippen MR) is 122 cm³/mol. The van der Waals surface area contributed by atoms with Crippen LogP contribution in [0.5, 0.6) is 0 Å². The van der Waals surface area contributed by atoms with Gasteiger partial charge in [-0.25, -0.2) is 0 Å². The van der Waals surface area contributed by atoms with Crippen molar-refractivity contribution in [2.24, 2.45) is 10.9 Å². The lowest BCUT2D eigenvalue weighted by Crippen LogP contribution is -2.51. The molecule has 1 saturated heterocycles. The molecule has 2 N–H and O–H groups in total. The summed E-state index contributed by atoms with van der Waals surface area (Å²) in [6.07, 6.45) is 1.14. The number of hydrogen-bond acceptors (Lipinski definition) is 6. The molecule has 1 unspecified atom stereocenters. The van der Waals surface area contributed by atoms with Crippen LogP contribution >= 0.6 is 24.0 Å². The number of rotatable bonds is 7. The zero-order valence-corrected chi connectivity index (χ0v) is 20.4. The van der Waals surface area contributed by atoms with Gasteiger partial charge in [-0.3, -0.25) is 9.89 Å². The quantitative estimate of drug-likeness (QED) is 0.332. The SMILES string of the molecule is CN=C(NCc1noc(C(C)(C)C)n1)NCC(CC(C)C)N1CCOCC1.I. The third-order valence-electron chi connectivity index (χ3n) is 4.56. The number of aromatic nitrogens is 2. The maximum atomic E-state index is 5.49. The maximum absolute atomic E-state index is 5.49. The van der Waals surface area contributed by atoms with Crippen molar-refractivity contribution in [2.75, 3.05) is 39.9 Å². The minimum atomic E-state index is -0.145. The number of morpholine rings is 1. The van der Waals surface area contributed by atoms with Crippen molar-refractivity contribution in [3.05, 3.63) is 11.7 Å². The van der Waals surface area contributed by atoms with E-state index < -0.39 is 0 Å². The Morgan fingerprint density at radius 3 is 2.43 bits per heavy atom. The van der Waals surface area contributed by atoms with Crippen molar-refractivity contribution in [1.82, 2.24) is 25.7 Å². The van der Waals surface area contributed by atoms with Crippen molar-refractivity contribution in [2.45, 2.75) is 59.0 Å². The molecule has 0 radical (unpaired) electrons. The van der Waals surface area contributed by atoms with Gasteiger partial charge < -0.3 is 19.9 Å². The molecular formula is C19H37IN6O2. The van der Waals surface area contributed by atoms with Gasteiger partial charge in [-0.15, -0.1) is 24.0 Å². The van der Waals surface area contributed by atoms with Crippen LogP contribution in [0, 0.1) is 5.92 Å². The lowest BCUT2D eigenvalue weighted by molar-refractivity contribution is 0.0132. The van der Waals surface area contributed by atoms with Crippen LogP contribution in [0.1, 0.15) is 52.8 Å². The zero-order chi connectivity index (χ0) is 19.9. The van der Waals surface area contributed by atoms with E-state index in [4.69, 9.17) is 9.26 Å². The Labute approximate surface area is 186 Å². The summed E-state index contributed by atoms with van der Waals surface area (Å²) in [4.78, 5) is 11.3. The van der Waals surface area contributed by atoms with Gasteiger partial charge in [0, 0.05) is 38.1 Å². The van der Waals surface area contributed by atoms with Crippen LogP contribution in [-0.4, -0.2) is 66.9 Å². The molecule has 0 aromatic carbocycles. The number of nitrogens with one attached hydrogen (secondary N) is 2. The first-order valence-electron chi connectivity index (χ1n) is 9.89. The molecule has 28 heavy (non-hydrogen) atoms. The van der Waals surface area contributed by atoms with Crippen LogP contribution in [-0.2, 0) is 16.7 Å². The molecule has 2 rings (SSSR count). The fourth-order valence-corrected chi connectivity index (χ4v) is 3.08. The van der Waals surface area contributed by atoms with Crippen LogP contribution in [0.25, 0.3) is 0 Å². The molecule has 1 atom stereocenters. The summed E-state index contributed by atoms with van der Waals surface area (Å²) >= 11 is 0. The third-order valence-corrected chi connectivity index (χ3v) is 4.56. The van der Waals surface area contributed by atoms with Crippen LogP contribution in [0.4, 0.5) is 0 Å². The Morgan fingerprint density at radius 2 is 1.89 bits per heavy atom. The molecule has 2 heterocycles. The van der Waals surface area contributed by atoms with Gasteiger partial charge in [0.1, 0.15) is 0 Å². The highest BCUT2D eigenvalue weighted by atomic mass is 127. The molecule has 1 aromatic rings. The van der Waals surface area contributed by atoms with E-state index in [-0.39, 0.29) is 29.4 Å². The summed E-state index contributed by atoms with van der Waals surface area (Å²) in [7, 11) is 1.78. The van der Waals surface area contributed by atoms with E-state index >= 15 is 0 Å². The molecule has 8 nitrogen and oxygen atoms in total. The summed E-state index contributed by atoms with van der Waals surface area (Å²) < 4.78 is 10.8. The average Bonchev–Trinajstić information content (AvgIpc) is 3.10. The summed E-state index contributed by atoms with van der Waals surface area (Å²) in [6.45, 7) is 15.6. The van der Waals surface area contributed by atoms with Crippen molar-refractivity contribution >= 4 is 29.9 Å². The highest BCUT2D eigenvalue weighted by Gasteiger charge is 2.23. The molecule has 0 amide bonds. The minimum Gasteiger partial charge on any atom is -0.379 e. The van der Waals surface area contributed by atoms with E-state index in [1.807, 2.05) is 0 Å². The monoisotopic (exact) mass is 508 g/mol. The summed E-state index contributed by atoms with van der Waals surface area (Å²) in [5.41, 5.74) is -0.145. The van der Waals surface area contributed by atoms with Crippen LogP contribution in [0.3, 0.4) is 0 Å². The molecular weight excluding hydrogens is 471 g/mol. The summed E-state index contributed by atoms with van der Waals surface area (Å²) in [6, 6.07) is 0.463. The Hall–Kier alpha value is -0.940. The van der Waals surface area contributed by atoms with Crippen molar-refractivity contribution in [3.63, 3.8) is 0 Å². The fraction of sp³-hybridized carbons (Fsp3) is 0.842. The first-order valence-corrected chi connectivity index (χ1v) is 9.89. The van der Waals surface area contributed by atoms with Gasteiger partial charge in [0.25, 0.3) is 0 Å². The van der Waals surface area contributed by atoms with E-state index in [9.17, 15) is 0 Å². The molecule has 1 fully saturated rings. The topological polar surface area (TPSA) is 87.8 Å². The number of halogens is 1. The van der Waals surface area contributed by atoms with Gasteiger partial charge in [-0.1, -0.05) is 39.8 Å². The molecule has 1 aliphatic rings. The van der Waals surface area contributed by atoms with E-state index in [1.54, 1.807) is 7.05 Å². The fourth-order valence-electron chi connectivity index (χ4n) is 3.08. The summed E-state index contributed by atoms with van der Waals surface area (Å²) in [5.74, 6) is 2.67. The summed E-state index contributed by atoms with van der Waals surface area (Å²) in [5, 5.41) is 10.8. The number of guanidine groups is 1. The highest BCUT2D eigenvalue weighted by Crippen LogP contribution is 2.19. The second kappa shape index (κ2) is 11.9. The van der Waals surface area contributed by atoms with Crippen LogP contribution < -0.4 is 10.6 Å². The molecule has 162 valence electrons. The smallest absolute Gasteiger partial charge is 0.232 e. The van der Waals surface area contributed by atoms with E-state index in [0.29, 0.717) is 30.2 Å². The maximum Gasteiger partial charge on any atom is 0.232 e. The van der Waals surface area contributed by atoms with Crippen molar-refractivity contribution in [1.29, 1.82) is 0 Å². The molecule has 0 saturated carbocycles. The lowest BCUT2D eigenvalue weighted by Gasteiger charge is -2.35. The van der Waals surface area contributed by atoms with Gasteiger partial charge in [0.15, 0.2) is 11.8 Å². The second-order valence-corrected chi connectivity index (χ2v) is 8.50. The van der Waals surface area contributed by atoms with Gasteiger partial charge in [-0.05, 0) is 12.3 Å². The van der Waals surface area contributed by atoms with Gasteiger partial charge in [0.05, 0.1) is 19.8 Å². The van der Waals surface area contributed by atoms with E-state index in [1.165, 1.54) is 0 Å². The Balaban J connectivity index is 0.00000392. The standard InChI is InChI=1S/C19H36N6O2.HI/c1-14(2)11-15(25-7-9-26-10-8-25)12-21-18(20-6)22-13-16-23-17(27-24-16)19(3,4)5;/h14-15H,7-13H2,1-6H3,(H2,20,21,22);1H. The largest absolute Gasteiger partial charge is 0.379 e. The molecule has 0 spiro atoms. The molecule has 9 heteroatoms. The Bertz CT molecular complexity index is 593. The lowest BCUT2D eigenvalue weighted by atomic mass is 9.97. The Kier molecular flexibility index (Phi) is 10.7. The molecule has 1 aliphatic heterocycles. The van der Waals surface area contributed by atoms with Crippen LogP contribution in [0.15, 0.2) is 9.52 Å². The van der Waals surface area contributed by atoms with Crippen molar-refractivity contribution in [3.8, 4) is 0 Å².